The molecule has 1 saturated heterocycles. The summed E-state index contributed by atoms with van der Waals surface area (Å²) >= 11 is 0. The van der Waals surface area contributed by atoms with Crippen LogP contribution in [0.3, 0.4) is 0 Å². The van der Waals surface area contributed by atoms with Crippen LogP contribution in [0.2, 0.25) is 0 Å². The molecule has 0 radical (unpaired) electrons. The molecule has 1 N–H and O–H groups in total. The predicted molar refractivity (Wildman–Crippen MR) is 134 cm³/mol. The molecule has 3 aromatic rings. The Balaban J connectivity index is 1.22. The van der Waals surface area contributed by atoms with Crippen LogP contribution in [0.15, 0.2) is 48.9 Å². The molecule has 3 aliphatic rings. The number of morpholine rings is 1. The third-order valence-corrected chi connectivity index (χ3v) is 7.67. The average molecular weight is 457 g/mol. The number of hydrogen-bond donors (Lipinski definition) is 1. The van der Waals surface area contributed by atoms with Crippen molar-refractivity contribution < 1.29 is 9.47 Å². The first-order valence-corrected chi connectivity index (χ1v) is 12.5. The zero-order valence-corrected chi connectivity index (χ0v) is 19.8. The third kappa shape index (κ3) is 4.17. The minimum absolute atomic E-state index is 0.513. The summed E-state index contributed by atoms with van der Waals surface area (Å²) in [7, 11) is 1.68. The van der Waals surface area contributed by atoms with Crippen LogP contribution in [0, 0.1) is 0 Å². The first-order valence-electron chi connectivity index (χ1n) is 12.5. The molecule has 34 heavy (non-hydrogen) atoms. The van der Waals surface area contributed by atoms with E-state index >= 15 is 0 Å². The maximum absolute atomic E-state index is 5.54. The largest absolute Gasteiger partial charge is 0.495 e. The highest BCUT2D eigenvalue weighted by Crippen LogP contribution is 2.43. The van der Waals surface area contributed by atoms with E-state index in [2.05, 4.69) is 39.5 Å². The maximum Gasteiger partial charge on any atom is 0.137 e. The highest BCUT2D eigenvalue weighted by Gasteiger charge is 2.29. The average Bonchev–Trinajstić information content (AvgIpc) is 3.28. The zero-order valence-electron chi connectivity index (χ0n) is 19.8. The monoisotopic (exact) mass is 456 g/mol. The van der Waals surface area contributed by atoms with E-state index in [1.165, 1.54) is 53.8 Å². The number of methoxy groups -OCH3 is 1. The number of nitrogens with zero attached hydrogens (tertiary/aromatic N) is 3. The van der Waals surface area contributed by atoms with Crippen LogP contribution in [0.1, 0.15) is 36.9 Å². The normalized spacial score (nSPS) is 22.1. The van der Waals surface area contributed by atoms with Gasteiger partial charge in [0.1, 0.15) is 5.75 Å². The summed E-state index contributed by atoms with van der Waals surface area (Å²) < 4.78 is 10.9. The van der Waals surface area contributed by atoms with Crippen LogP contribution in [-0.4, -0.2) is 60.4 Å². The van der Waals surface area contributed by atoms with Crippen LogP contribution in [0.5, 0.6) is 5.75 Å². The Morgan fingerprint density at radius 1 is 1.00 bits per heavy atom. The summed E-state index contributed by atoms with van der Waals surface area (Å²) in [5.74, 6) is 0.773. The Hall–Kier alpha value is -2.96. The summed E-state index contributed by atoms with van der Waals surface area (Å²) in [4.78, 5) is 11.7. The van der Waals surface area contributed by atoms with E-state index in [4.69, 9.17) is 14.5 Å². The minimum atomic E-state index is 0.513. The van der Waals surface area contributed by atoms with Crippen LogP contribution in [-0.2, 0) is 11.2 Å². The SMILES string of the molecule is COc1cncc(-c2ccc3c(c2)-c2c(NC4CCC(N5CCOCC5)CC4)ccnc2C3)c1. The van der Waals surface area contributed by atoms with E-state index in [0.29, 0.717) is 12.1 Å². The molecule has 0 atom stereocenters. The molecule has 3 heterocycles. The molecule has 0 amide bonds. The van der Waals surface area contributed by atoms with E-state index in [1.54, 1.807) is 13.3 Å². The van der Waals surface area contributed by atoms with E-state index < -0.39 is 0 Å². The Labute approximate surface area is 201 Å². The quantitative estimate of drug-likeness (QED) is 0.466. The molecule has 1 aromatic carbocycles. The van der Waals surface area contributed by atoms with Gasteiger partial charge in [-0.2, -0.15) is 0 Å². The summed E-state index contributed by atoms with van der Waals surface area (Å²) in [6.07, 6.45) is 11.4. The number of ether oxygens (including phenoxy) is 2. The molecule has 0 spiro atoms. The second-order valence-corrected chi connectivity index (χ2v) is 9.64. The summed E-state index contributed by atoms with van der Waals surface area (Å²) in [5, 5.41) is 3.91. The van der Waals surface area contributed by atoms with Crippen molar-refractivity contribution in [2.45, 2.75) is 44.2 Å². The highest BCUT2D eigenvalue weighted by molar-refractivity contribution is 5.88. The molecule has 2 aromatic heterocycles. The van der Waals surface area contributed by atoms with E-state index in [9.17, 15) is 0 Å². The van der Waals surface area contributed by atoms with Crippen LogP contribution in [0.25, 0.3) is 22.3 Å². The second-order valence-electron chi connectivity index (χ2n) is 9.64. The summed E-state index contributed by atoms with van der Waals surface area (Å²) in [6, 6.07) is 12.1. The van der Waals surface area contributed by atoms with Gasteiger partial charge in [-0.05, 0) is 60.6 Å². The first-order chi connectivity index (χ1) is 16.8. The Morgan fingerprint density at radius 2 is 1.85 bits per heavy atom. The van der Waals surface area contributed by atoms with Crippen molar-refractivity contribution >= 4 is 5.69 Å². The van der Waals surface area contributed by atoms with Gasteiger partial charge in [-0.25, -0.2) is 0 Å². The number of rotatable bonds is 5. The van der Waals surface area contributed by atoms with Gasteiger partial charge in [-0.3, -0.25) is 14.9 Å². The Kier molecular flexibility index (Phi) is 5.93. The van der Waals surface area contributed by atoms with Crippen molar-refractivity contribution in [3.63, 3.8) is 0 Å². The lowest BCUT2D eigenvalue weighted by Crippen LogP contribution is -2.46. The van der Waals surface area contributed by atoms with Gasteiger partial charge in [0.15, 0.2) is 0 Å². The van der Waals surface area contributed by atoms with Gasteiger partial charge in [0, 0.05) is 60.8 Å². The van der Waals surface area contributed by atoms with Crippen LogP contribution < -0.4 is 10.1 Å². The van der Waals surface area contributed by atoms with Gasteiger partial charge >= 0.3 is 0 Å². The Morgan fingerprint density at radius 3 is 2.68 bits per heavy atom. The van der Waals surface area contributed by atoms with Gasteiger partial charge in [0.05, 0.1) is 32.2 Å². The third-order valence-electron chi connectivity index (χ3n) is 7.67. The molecule has 176 valence electrons. The molecule has 0 unspecified atom stereocenters. The molecule has 6 nitrogen and oxygen atoms in total. The number of benzene rings is 1. The number of hydrogen-bond acceptors (Lipinski definition) is 6. The van der Waals surface area contributed by atoms with Crippen LogP contribution in [0.4, 0.5) is 5.69 Å². The minimum Gasteiger partial charge on any atom is -0.495 e. The number of aromatic nitrogens is 2. The lowest BCUT2D eigenvalue weighted by molar-refractivity contribution is 0.00791. The lowest BCUT2D eigenvalue weighted by atomic mass is 9.89. The number of anilines is 1. The molecule has 1 aliphatic heterocycles. The fourth-order valence-corrected chi connectivity index (χ4v) is 5.82. The smallest absolute Gasteiger partial charge is 0.137 e. The lowest BCUT2D eigenvalue weighted by Gasteiger charge is -2.39. The molecule has 6 rings (SSSR count). The summed E-state index contributed by atoms with van der Waals surface area (Å²) in [5.41, 5.74) is 8.50. The van der Waals surface area contributed by atoms with Crippen molar-refractivity contribution in [2.75, 3.05) is 38.7 Å². The molecular formula is C28H32N4O2. The van der Waals surface area contributed by atoms with Crippen molar-refractivity contribution in [3.8, 4) is 28.0 Å². The molecular weight excluding hydrogens is 424 g/mol. The topological polar surface area (TPSA) is 59.5 Å². The van der Waals surface area contributed by atoms with Crippen LogP contribution >= 0.6 is 0 Å². The first kappa shape index (κ1) is 21.6. The fourth-order valence-electron chi connectivity index (χ4n) is 5.82. The van der Waals surface area contributed by atoms with E-state index in [1.807, 2.05) is 18.5 Å². The molecule has 6 heteroatoms. The molecule has 0 bridgehead atoms. The molecule has 2 aliphatic carbocycles. The van der Waals surface area contributed by atoms with Crippen molar-refractivity contribution in [2.24, 2.45) is 0 Å². The standard InChI is InChI=1S/C28H32N4O2/c1-33-24-14-21(17-29-18-24)19-2-3-20-16-27-28(25(20)15-19)26(8-9-30-27)31-22-4-6-23(7-5-22)32-10-12-34-13-11-32/h2-3,8-9,14-15,17-18,22-23H,4-7,10-13,16H2,1H3,(H,30,31). The molecule has 1 saturated carbocycles. The van der Waals surface area contributed by atoms with Gasteiger partial charge in [-0.15, -0.1) is 0 Å². The van der Waals surface area contributed by atoms with Gasteiger partial charge in [0.2, 0.25) is 0 Å². The summed E-state index contributed by atoms with van der Waals surface area (Å²) in [6.45, 7) is 3.94. The van der Waals surface area contributed by atoms with Gasteiger partial charge in [0.25, 0.3) is 0 Å². The fraction of sp³-hybridized carbons (Fsp3) is 0.429. The number of pyridine rings is 2. The predicted octanol–water partition coefficient (Wildman–Crippen LogP) is 4.78. The molecule has 2 fully saturated rings. The maximum atomic E-state index is 5.54. The van der Waals surface area contributed by atoms with Crippen molar-refractivity contribution in [3.05, 3.63) is 60.2 Å². The second kappa shape index (κ2) is 9.35. The van der Waals surface area contributed by atoms with E-state index in [-0.39, 0.29) is 0 Å². The van der Waals surface area contributed by atoms with Crippen molar-refractivity contribution in [1.29, 1.82) is 0 Å². The van der Waals surface area contributed by atoms with E-state index in [0.717, 1.165) is 49.6 Å². The van der Waals surface area contributed by atoms with Gasteiger partial charge < -0.3 is 14.8 Å². The number of nitrogens with one attached hydrogen (secondary N) is 1. The highest BCUT2D eigenvalue weighted by atomic mass is 16.5. The zero-order chi connectivity index (χ0) is 22.9. The van der Waals surface area contributed by atoms with Gasteiger partial charge in [-0.1, -0.05) is 12.1 Å². The Bertz CT molecular complexity index is 1170. The number of fused-ring (bicyclic) bond motifs is 3. The van der Waals surface area contributed by atoms with Crippen molar-refractivity contribution in [1.82, 2.24) is 14.9 Å².